The van der Waals surface area contributed by atoms with Crippen LogP contribution >= 0.6 is 0 Å². The lowest BCUT2D eigenvalue weighted by molar-refractivity contribution is 0.508. The largest absolute Gasteiger partial charge is 0.319 e. The normalized spacial score (nSPS) is 11.1. The minimum atomic E-state index is -0.808. The molecule has 0 radical (unpaired) electrons. The Labute approximate surface area is 82.4 Å². The molecule has 1 rings (SSSR count). The van der Waals surface area contributed by atoms with E-state index in [0.29, 0.717) is 5.56 Å². The van der Waals surface area contributed by atoms with E-state index < -0.39 is 11.6 Å². The summed E-state index contributed by atoms with van der Waals surface area (Å²) >= 11 is 0. The molecule has 0 aliphatic rings. The molecule has 1 aromatic carbocycles. The van der Waals surface area contributed by atoms with Gasteiger partial charge in [0.2, 0.25) is 0 Å². The molecule has 0 fully saturated rings. The Bertz CT molecular complexity index is 321. The van der Waals surface area contributed by atoms with Gasteiger partial charge in [-0.1, -0.05) is 18.2 Å². The first-order valence-corrected chi connectivity index (χ1v) is 4.50. The third kappa shape index (κ3) is 3.26. The highest BCUT2D eigenvalue weighted by Gasteiger charge is 1.99. The van der Waals surface area contributed by atoms with Crippen molar-refractivity contribution >= 4 is 6.08 Å². The first-order valence-electron chi connectivity index (χ1n) is 4.50. The average Bonchev–Trinajstić information content (AvgIpc) is 2.18. The zero-order valence-corrected chi connectivity index (χ0v) is 8.06. The van der Waals surface area contributed by atoms with Crippen molar-refractivity contribution < 1.29 is 8.78 Å². The van der Waals surface area contributed by atoms with Crippen molar-refractivity contribution in [2.24, 2.45) is 0 Å². The van der Waals surface area contributed by atoms with Gasteiger partial charge in [0.05, 0.1) is 0 Å². The second-order valence-electron chi connectivity index (χ2n) is 2.97. The summed E-state index contributed by atoms with van der Waals surface area (Å²) in [6.07, 6.45) is 4.57. The van der Waals surface area contributed by atoms with Crippen LogP contribution in [0.15, 0.2) is 24.3 Å². The van der Waals surface area contributed by atoms with Crippen LogP contribution in [0, 0.1) is 11.6 Å². The highest BCUT2D eigenvalue weighted by atomic mass is 19.2. The molecule has 0 saturated heterocycles. The average molecular weight is 197 g/mol. The van der Waals surface area contributed by atoms with Gasteiger partial charge in [0.25, 0.3) is 0 Å². The Morgan fingerprint density at radius 1 is 1.29 bits per heavy atom. The standard InChI is InChI=1S/C11H13F2N/c1-14-7-3-2-4-9-5-6-10(12)11(13)8-9/h2,4-6,8,14H,3,7H2,1H3. The molecule has 1 nitrogen and oxygen atoms in total. The fraction of sp³-hybridized carbons (Fsp3) is 0.273. The monoisotopic (exact) mass is 197 g/mol. The summed E-state index contributed by atoms with van der Waals surface area (Å²) in [6.45, 7) is 0.875. The maximum atomic E-state index is 12.7. The second kappa shape index (κ2) is 5.50. The van der Waals surface area contributed by atoms with E-state index >= 15 is 0 Å². The van der Waals surface area contributed by atoms with E-state index in [1.54, 1.807) is 12.1 Å². The highest BCUT2D eigenvalue weighted by molar-refractivity contribution is 5.49. The maximum absolute atomic E-state index is 12.7. The molecule has 3 heteroatoms. The van der Waals surface area contributed by atoms with Crippen LogP contribution < -0.4 is 5.32 Å². The highest BCUT2D eigenvalue weighted by Crippen LogP contribution is 2.10. The summed E-state index contributed by atoms with van der Waals surface area (Å²) in [6, 6.07) is 3.87. The number of halogens is 2. The molecule has 14 heavy (non-hydrogen) atoms. The Balaban J connectivity index is 2.59. The molecule has 0 saturated carbocycles. The summed E-state index contributed by atoms with van der Waals surface area (Å²) in [4.78, 5) is 0. The predicted molar refractivity (Wildman–Crippen MR) is 53.9 cm³/mol. The minimum Gasteiger partial charge on any atom is -0.319 e. The van der Waals surface area contributed by atoms with Crippen molar-refractivity contribution in [3.05, 3.63) is 41.5 Å². The lowest BCUT2D eigenvalue weighted by Gasteiger charge is -1.95. The van der Waals surface area contributed by atoms with Crippen molar-refractivity contribution in [2.45, 2.75) is 6.42 Å². The third-order valence-electron chi connectivity index (χ3n) is 1.81. The van der Waals surface area contributed by atoms with Gasteiger partial charge >= 0.3 is 0 Å². The van der Waals surface area contributed by atoms with E-state index in [1.165, 1.54) is 6.07 Å². The van der Waals surface area contributed by atoms with Crippen molar-refractivity contribution in [3.8, 4) is 0 Å². The van der Waals surface area contributed by atoms with Crippen LogP contribution in [0.4, 0.5) is 8.78 Å². The molecule has 0 aliphatic carbocycles. The first-order chi connectivity index (χ1) is 6.74. The van der Waals surface area contributed by atoms with E-state index in [4.69, 9.17) is 0 Å². The number of rotatable bonds is 4. The van der Waals surface area contributed by atoms with Crippen molar-refractivity contribution in [2.75, 3.05) is 13.6 Å². The topological polar surface area (TPSA) is 12.0 Å². The maximum Gasteiger partial charge on any atom is 0.159 e. The molecule has 0 aliphatic heterocycles. The molecule has 1 N–H and O–H groups in total. The fourth-order valence-corrected chi connectivity index (χ4v) is 1.06. The summed E-state index contributed by atoms with van der Waals surface area (Å²) in [5.74, 6) is -1.61. The summed E-state index contributed by atoms with van der Waals surface area (Å²) in [5.41, 5.74) is 0.681. The van der Waals surface area contributed by atoms with Crippen LogP contribution in [0.25, 0.3) is 6.08 Å². The summed E-state index contributed by atoms with van der Waals surface area (Å²) < 4.78 is 25.3. The van der Waals surface area contributed by atoms with Crippen molar-refractivity contribution in [3.63, 3.8) is 0 Å². The molecule has 0 atom stereocenters. The molecule has 0 bridgehead atoms. The van der Waals surface area contributed by atoms with E-state index in [9.17, 15) is 8.78 Å². The molecule has 0 heterocycles. The van der Waals surface area contributed by atoms with Gasteiger partial charge in [-0.15, -0.1) is 0 Å². The lowest BCUT2D eigenvalue weighted by atomic mass is 10.2. The predicted octanol–water partition coefficient (Wildman–Crippen LogP) is 2.59. The molecule has 0 aromatic heterocycles. The number of benzene rings is 1. The lowest BCUT2D eigenvalue weighted by Crippen LogP contribution is -2.05. The van der Waals surface area contributed by atoms with Gasteiger partial charge in [-0.05, 0) is 37.7 Å². The quantitative estimate of drug-likeness (QED) is 0.731. The Morgan fingerprint density at radius 3 is 2.71 bits per heavy atom. The Hall–Kier alpha value is -1.22. The number of nitrogens with one attached hydrogen (secondary N) is 1. The fourth-order valence-electron chi connectivity index (χ4n) is 1.06. The van der Waals surface area contributed by atoms with Crippen LogP contribution in [0.2, 0.25) is 0 Å². The van der Waals surface area contributed by atoms with Gasteiger partial charge in [0.1, 0.15) is 0 Å². The van der Waals surface area contributed by atoms with Gasteiger partial charge in [-0.25, -0.2) is 8.78 Å². The molecule has 1 aromatic rings. The zero-order chi connectivity index (χ0) is 10.4. The second-order valence-corrected chi connectivity index (χ2v) is 2.97. The first kappa shape index (κ1) is 10.9. The van der Waals surface area contributed by atoms with E-state index in [0.717, 1.165) is 19.0 Å². The Morgan fingerprint density at radius 2 is 2.07 bits per heavy atom. The van der Waals surface area contributed by atoms with Crippen molar-refractivity contribution in [1.82, 2.24) is 5.32 Å². The van der Waals surface area contributed by atoms with E-state index in [1.807, 2.05) is 13.1 Å². The van der Waals surface area contributed by atoms with Crippen molar-refractivity contribution in [1.29, 1.82) is 0 Å². The Kier molecular flexibility index (Phi) is 4.26. The summed E-state index contributed by atoms with van der Waals surface area (Å²) in [7, 11) is 1.87. The molecule has 0 unspecified atom stereocenters. The molecule has 76 valence electrons. The van der Waals surface area contributed by atoms with Crippen LogP contribution in [0.3, 0.4) is 0 Å². The molecule has 0 amide bonds. The molecular formula is C11H13F2N. The zero-order valence-electron chi connectivity index (χ0n) is 8.06. The smallest absolute Gasteiger partial charge is 0.159 e. The SMILES string of the molecule is CNCCC=Cc1ccc(F)c(F)c1. The van der Waals surface area contributed by atoms with Gasteiger partial charge in [-0.3, -0.25) is 0 Å². The van der Waals surface area contributed by atoms with Gasteiger partial charge in [0, 0.05) is 0 Å². The molecular weight excluding hydrogens is 184 g/mol. The summed E-state index contributed by atoms with van der Waals surface area (Å²) in [5, 5.41) is 2.99. The number of hydrogen-bond donors (Lipinski definition) is 1. The van der Waals surface area contributed by atoms with Gasteiger partial charge in [-0.2, -0.15) is 0 Å². The number of hydrogen-bond acceptors (Lipinski definition) is 1. The molecule has 0 spiro atoms. The van der Waals surface area contributed by atoms with E-state index in [-0.39, 0.29) is 0 Å². The minimum absolute atomic E-state index is 0.681. The van der Waals surface area contributed by atoms with Crippen LogP contribution in [-0.2, 0) is 0 Å². The van der Waals surface area contributed by atoms with Crippen LogP contribution in [0.1, 0.15) is 12.0 Å². The van der Waals surface area contributed by atoms with Crippen LogP contribution in [-0.4, -0.2) is 13.6 Å². The van der Waals surface area contributed by atoms with Gasteiger partial charge in [0.15, 0.2) is 11.6 Å². The third-order valence-corrected chi connectivity index (χ3v) is 1.81. The van der Waals surface area contributed by atoms with E-state index in [2.05, 4.69) is 5.32 Å². The van der Waals surface area contributed by atoms with Crippen LogP contribution in [0.5, 0.6) is 0 Å². The van der Waals surface area contributed by atoms with Gasteiger partial charge < -0.3 is 5.32 Å².